The number of furan rings is 1. The minimum Gasteiger partial charge on any atom is -0.459 e. The molecule has 0 unspecified atom stereocenters. The van der Waals surface area contributed by atoms with E-state index < -0.39 is 10.0 Å². The van der Waals surface area contributed by atoms with Gasteiger partial charge >= 0.3 is 0 Å². The first kappa shape index (κ1) is 20.6. The van der Waals surface area contributed by atoms with Crippen LogP contribution in [0.15, 0.2) is 45.9 Å². The Labute approximate surface area is 167 Å². The van der Waals surface area contributed by atoms with Gasteiger partial charge in [0.15, 0.2) is 5.76 Å². The molecule has 3 rings (SSSR count). The Morgan fingerprint density at radius 1 is 1.11 bits per heavy atom. The summed E-state index contributed by atoms with van der Waals surface area (Å²) in [5.41, 5.74) is 1.86. The van der Waals surface area contributed by atoms with Gasteiger partial charge in [0.1, 0.15) is 0 Å². The third-order valence-corrected chi connectivity index (χ3v) is 7.13. The van der Waals surface area contributed by atoms with E-state index in [2.05, 4.69) is 26.1 Å². The molecule has 1 N–H and O–H groups in total. The summed E-state index contributed by atoms with van der Waals surface area (Å²) >= 11 is 0. The third kappa shape index (κ3) is 4.31. The molecule has 0 bridgehead atoms. The average molecular weight is 405 g/mol. The molecule has 1 aromatic heterocycles. The summed E-state index contributed by atoms with van der Waals surface area (Å²) in [6.45, 7) is 8.87. The summed E-state index contributed by atoms with van der Waals surface area (Å²) in [7, 11) is -3.52. The number of aryl methyl sites for hydroxylation is 1. The van der Waals surface area contributed by atoms with Crippen molar-refractivity contribution in [1.29, 1.82) is 0 Å². The first-order valence-electron chi connectivity index (χ1n) is 9.54. The van der Waals surface area contributed by atoms with Crippen molar-refractivity contribution in [1.82, 2.24) is 9.62 Å². The Morgan fingerprint density at radius 3 is 2.21 bits per heavy atom. The van der Waals surface area contributed by atoms with Crippen LogP contribution in [0.4, 0.5) is 0 Å². The number of rotatable bonds is 4. The second kappa shape index (κ2) is 7.72. The Balaban J connectivity index is 1.62. The Bertz CT molecular complexity index is 932. The van der Waals surface area contributed by atoms with Gasteiger partial charge in [-0.05, 0) is 48.9 Å². The van der Waals surface area contributed by atoms with E-state index >= 15 is 0 Å². The van der Waals surface area contributed by atoms with Crippen LogP contribution in [-0.4, -0.2) is 37.8 Å². The lowest BCUT2D eigenvalue weighted by atomic mass is 9.87. The lowest BCUT2D eigenvalue weighted by molar-refractivity contribution is 0.0895. The fraction of sp³-hybridized carbons (Fsp3) is 0.476. The normalized spacial score (nSPS) is 16.9. The molecule has 1 saturated heterocycles. The molecule has 2 aromatic rings. The lowest BCUT2D eigenvalue weighted by Gasteiger charge is -2.31. The molecule has 152 valence electrons. The number of nitrogens with zero attached hydrogens (tertiary/aromatic N) is 1. The molecule has 1 fully saturated rings. The zero-order chi connectivity index (χ0) is 20.5. The van der Waals surface area contributed by atoms with Gasteiger partial charge in [0.25, 0.3) is 5.91 Å². The molecule has 0 radical (unpaired) electrons. The molecule has 1 aromatic carbocycles. The van der Waals surface area contributed by atoms with E-state index in [1.807, 2.05) is 19.1 Å². The SMILES string of the molecule is Cc1ccoc1C(=O)NC1CCN(S(=O)(=O)c2ccc(C(C)(C)C)cc2)CC1. The summed E-state index contributed by atoms with van der Waals surface area (Å²) in [6, 6.07) is 8.81. The topological polar surface area (TPSA) is 79.6 Å². The molecule has 28 heavy (non-hydrogen) atoms. The van der Waals surface area contributed by atoms with Gasteiger partial charge in [-0.2, -0.15) is 4.31 Å². The van der Waals surface area contributed by atoms with Crippen LogP contribution in [0.25, 0.3) is 0 Å². The molecule has 0 aliphatic carbocycles. The maximum Gasteiger partial charge on any atom is 0.287 e. The first-order chi connectivity index (χ1) is 13.1. The number of amides is 1. The summed E-state index contributed by atoms with van der Waals surface area (Å²) < 4.78 is 32.6. The van der Waals surface area contributed by atoms with E-state index in [1.165, 1.54) is 10.6 Å². The zero-order valence-corrected chi connectivity index (χ0v) is 17.7. The van der Waals surface area contributed by atoms with Crippen molar-refractivity contribution in [2.24, 2.45) is 0 Å². The summed E-state index contributed by atoms with van der Waals surface area (Å²) in [4.78, 5) is 12.6. The standard InChI is InChI=1S/C21H28N2O4S/c1-15-11-14-27-19(15)20(24)22-17-9-12-23(13-10-17)28(25,26)18-7-5-16(6-8-18)21(2,3)4/h5-8,11,14,17H,9-10,12-13H2,1-4H3,(H,22,24). The van der Waals surface area contributed by atoms with Crippen LogP contribution in [0, 0.1) is 6.92 Å². The van der Waals surface area contributed by atoms with E-state index in [1.54, 1.807) is 18.2 Å². The van der Waals surface area contributed by atoms with Crippen LogP contribution in [0.3, 0.4) is 0 Å². The van der Waals surface area contributed by atoms with E-state index in [4.69, 9.17) is 4.42 Å². The van der Waals surface area contributed by atoms with E-state index in [0.717, 1.165) is 11.1 Å². The smallest absolute Gasteiger partial charge is 0.287 e. The fourth-order valence-electron chi connectivity index (χ4n) is 3.37. The molecule has 1 amide bonds. The zero-order valence-electron chi connectivity index (χ0n) is 16.9. The van der Waals surface area contributed by atoms with Crippen molar-refractivity contribution in [3.63, 3.8) is 0 Å². The molecule has 0 atom stereocenters. The van der Waals surface area contributed by atoms with Gasteiger partial charge in [-0.25, -0.2) is 8.42 Å². The number of hydrogen-bond donors (Lipinski definition) is 1. The van der Waals surface area contributed by atoms with Gasteiger partial charge in [0.2, 0.25) is 10.0 Å². The van der Waals surface area contributed by atoms with Gasteiger partial charge < -0.3 is 9.73 Å². The van der Waals surface area contributed by atoms with Gasteiger partial charge in [0, 0.05) is 24.7 Å². The molecule has 7 heteroatoms. The molecule has 0 saturated carbocycles. The predicted octanol–water partition coefficient (Wildman–Crippen LogP) is 3.47. The average Bonchev–Trinajstić information content (AvgIpc) is 3.08. The molecule has 0 spiro atoms. The minimum atomic E-state index is -3.52. The van der Waals surface area contributed by atoms with Crippen LogP contribution in [0.5, 0.6) is 0 Å². The van der Waals surface area contributed by atoms with Crippen molar-refractivity contribution in [3.8, 4) is 0 Å². The summed E-state index contributed by atoms with van der Waals surface area (Å²) in [6.07, 6.45) is 2.64. The monoisotopic (exact) mass is 404 g/mol. The van der Waals surface area contributed by atoms with E-state index in [0.29, 0.717) is 36.6 Å². The highest BCUT2D eigenvalue weighted by Crippen LogP contribution is 2.26. The first-order valence-corrected chi connectivity index (χ1v) is 11.0. The maximum atomic E-state index is 12.9. The van der Waals surface area contributed by atoms with Crippen molar-refractivity contribution in [3.05, 3.63) is 53.5 Å². The van der Waals surface area contributed by atoms with Crippen LogP contribution in [0.2, 0.25) is 0 Å². The predicted molar refractivity (Wildman–Crippen MR) is 108 cm³/mol. The van der Waals surface area contributed by atoms with Crippen molar-refractivity contribution >= 4 is 15.9 Å². The largest absolute Gasteiger partial charge is 0.459 e. The van der Waals surface area contributed by atoms with Gasteiger partial charge in [0.05, 0.1) is 11.2 Å². The van der Waals surface area contributed by atoms with Crippen LogP contribution in [-0.2, 0) is 15.4 Å². The number of sulfonamides is 1. The highest BCUT2D eigenvalue weighted by Gasteiger charge is 2.30. The van der Waals surface area contributed by atoms with Crippen LogP contribution < -0.4 is 5.32 Å². The third-order valence-electron chi connectivity index (χ3n) is 5.22. The Kier molecular flexibility index (Phi) is 5.68. The quantitative estimate of drug-likeness (QED) is 0.846. The number of carbonyl (C=O) groups is 1. The Morgan fingerprint density at radius 2 is 1.71 bits per heavy atom. The lowest BCUT2D eigenvalue weighted by Crippen LogP contribution is -2.46. The van der Waals surface area contributed by atoms with Crippen molar-refractivity contribution < 1.29 is 17.6 Å². The van der Waals surface area contributed by atoms with E-state index in [-0.39, 0.29) is 17.4 Å². The molecular formula is C21H28N2O4S. The molecule has 1 aliphatic rings. The van der Waals surface area contributed by atoms with Crippen molar-refractivity contribution in [2.45, 2.75) is 56.9 Å². The van der Waals surface area contributed by atoms with Crippen LogP contribution >= 0.6 is 0 Å². The van der Waals surface area contributed by atoms with Crippen molar-refractivity contribution in [2.75, 3.05) is 13.1 Å². The number of nitrogens with one attached hydrogen (secondary N) is 1. The number of carbonyl (C=O) groups excluding carboxylic acids is 1. The highest BCUT2D eigenvalue weighted by molar-refractivity contribution is 7.89. The van der Waals surface area contributed by atoms with Gasteiger partial charge in [-0.15, -0.1) is 0 Å². The fourth-order valence-corrected chi connectivity index (χ4v) is 4.84. The Hall–Kier alpha value is -2.12. The molecule has 1 aliphatic heterocycles. The van der Waals surface area contributed by atoms with Gasteiger partial charge in [-0.1, -0.05) is 32.9 Å². The number of piperidine rings is 1. The van der Waals surface area contributed by atoms with Gasteiger partial charge in [-0.3, -0.25) is 4.79 Å². The molecule has 6 nitrogen and oxygen atoms in total. The number of benzene rings is 1. The maximum absolute atomic E-state index is 12.9. The summed E-state index contributed by atoms with van der Waals surface area (Å²) in [5, 5.41) is 2.94. The second-order valence-electron chi connectivity index (χ2n) is 8.36. The minimum absolute atomic E-state index is 0.0226. The highest BCUT2D eigenvalue weighted by atomic mass is 32.2. The number of hydrogen-bond acceptors (Lipinski definition) is 4. The summed E-state index contributed by atoms with van der Waals surface area (Å²) in [5.74, 6) is 0.0653. The van der Waals surface area contributed by atoms with Crippen LogP contribution in [0.1, 0.15) is 55.3 Å². The molecular weight excluding hydrogens is 376 g/mol. The molecule has 2 heterocycles. The van der Waals surface area contributed by atoms with E-state index in [9.17, 15) is 13.2 Å². The second-order valence-corrected chi connectivity index (χ2v) is 10.3.